The topological polar surface area (TPSA) is 101 Å². The van der Waals surface area contributed by atoms with Gasteiger partial charge in [0.05, 0.1) is 12.3 Å². The molecule has 7 heteroatoms. The molecule has 0 saturated heterocycles. The summed E-state index contributed by atoms with van der Waals surface area (Å²) in [7, 11) is 0. The van der Waals surface area contributed by atoms with Gasteiger partial charge in [0, 0.05) is 6.42 Å². The number of aromatic amines is 1. The zero-order chi connectivity index (χ0) is 24.2. The minimum absolute atomic E-state index is 0.139. The zero-order valence-corrected chi connectivity index (χ0v) is 19.3. The highest BCUT2D eigenvalue weighted by Crippen LogP contribution is 2.33. The van der Waals surface area contributed by atoms with E-state index in [4.69, 9.17) is 14.1 Å². The van der Waals surface area contributed by atoms with Gasteiger partial charge in [-0.1, -0.05) is 61.9 Å². The average molecular weight is 468 g/mol. The number of aliphatic hydroxyl groups excluding tert-OH is 1. The lowest BCUT2D eigenvalue weighted by molar-refractivity contribution is -0.132. The van der Waals surface area contributed by atoms with Gasteiger partial charge in [-0.05, 0) is 46.9 Å². The molecule has 2 aromatic carbocycles. The minimum Gasteiger partial charge on any atom is -0.504 e. The first-order valence-corrected chi connectivity index (χ1v) is 11.6. The second-order valence-corrected chi connectivity index (χ2v) is 8.36. The largest absolute Gasteiger partial charge is 0.504 e. The van der Waals surface area contributed by atoms with E-state index in [2.05, 4.69) is 17.1 Å². The molecule has 35 heavy (non-hydrogen) atoms. The summed E-state index contributed by atoms with van der Waals surface area (Å²) in [6.45, 7) is 2.15. The van der Waals surface area contributed by atoms with Gasteiger partial charge in [0.25, 0.3) is 0 Å². The molecule has 0 fully saturated rings. The molecule has 0 aliphatic carbocycles. The van der Waals surface area contributed by atoms with Crippen LogP contribution in [-0.4, -0.2) is 26.3 Å². The molecule has 4 aromatic rings. The molecule has 5 rings (SSSR count). The molecule has 1 aliphatic rings. The smallest absolute Gasteiger partial charge is 0.340 e. The second kappa shape index (κ2) is 9.85. The van der Waals surface area contributed by atoms with Crippen LogP contribution in [0.15, 0.2) is 88.9 Å². The first-order chi connectivity index (χ1) is 17.1. The number of benzene rings is 2. The van der Waals surface area contributed by atoms with Crippen LogP contribution in [0.4, 0.5) is 0 Å². The average Bonchev–Trinajstić information content (AvgIpc) is 3.62. The summed E-state index contributed by atoms with van der Waals surface area (Å²) in [5, 5.41) is 17.5. The summed E-state index contributed by atoms with van der Waals surface area (Å²) in [6, 6.07) is 19.7. The van der Waals surface area contributed by atoms with Gasteiger partial charge in [0.1, 0.15) is 17.5 Å². The maximum absolute atomic E-state index is 11.5. The maximum atomic E-state index is 11.5. The number of esters is 1. The number of nitrogens with zero attached hydrogens (tertiary/aromatic N) is 2. The van der Waals surface area contributed by atoms with Crippen molar-refractivity contribution in [3.8, 4) is 11.1 Å². The highest BCUT2D eigenvalue weighted by molar-refractivity contribution is 5.89. The number of ether oxygens (including phenoxy) is 1. The van der Waals surface area contributed by atoms with Gasteiger partial charge in [-0.15, -0.1) is 0 Å². The van der Waals surface area contributed by atoms with Crippen LogP contribution in [0.25, 0.3) is 17.2 Å². The molecular weight excluding hydrogens is 442 g/mol. The van der Waals surface area contributed by atoms with E-state index in [-0.39, 0.29) is 17.4 Å². The number of rotatable bonds is 8. The first kappa shape index (κ1) is 22.4. The lowest BCUT2D eigenvalue weighted by atomic mass is 9.92. The monoisotopic (exact) mass is 467 g/mol. The van der Waals surface area contributed by atoms with Gasteiger partial charge in [0.2, 0.25) is 0 Å². The molecule has 0 radical (unpaired) electrons. The predicted molar refractivity (Wildman–Crippen MR) is 131 cm³/mol. The maximum Gasteiger partial charge on any atom is 0.340 e. The number of hydrogen-bond donors (Lipinski definition) is 2. The van der Waals surface area contributed by atoms with Gasteiger partial charge in [-0.25, -0.2) is 9.78 Å². The van der Waals surface area contributed by atoms with E-state index in [9.17, 15) is 9.90 Å². The molecule has 0 amide bonds. The van der Waals surface area contributed by atoms with Crippen molar-refractivity contribution < 1.29 is 19.1 Å². The Morgan fingerprint density at radius 3 is 2.63 bits per heavy atom. The van der Waals surface area contributed by atoms with Crippen molar-refractivity contribution in [2.24, 2.45) is 0 Å². The third-order valence-electron chi connectivity index (χ3n) is 5.92. The third-order valence-corrected chi connectivity index (χ3v) is 5.92. The Kier molecular flexibility index (Phi) is 6.30. The molecule has 2 aromatic heterocycles. The van der Waals surface area contributed by atoms with Crippen molar-refractivity contribution in [3.05, 3.63) is 113 Å². The molecule has 176 valence electrons. The van der Waals surface area contributed by atoms with Crippen LogP contribution in [-0.2, 0) is 16.0 Å². The van der Waals surface area contributed by atoms with E-state index in [1.165, 1.54) is 0 Å². The third kappa shape index (κ3) is 4.80. The minimum atomic E-state index is -0.579. The van der Waals surface area contributed by atoms with Crippen LogP contribution in [0.3, 0.4) is 0 Å². The van der Waals surface area contributed by atoms with Gasteiger partial charge in [-0.2, -0.15) is 5.10 Å². The van der Waals surface area contributed by atoms with Gasteiger partial charge < -0.3 is 14.3 Å². The molecule has 2 N–H and O–H groups in total. The molecule has 0 bridgehead atoms. The fourth-order valence-corrected chi connectivity index (χ4v) is 4.15. The molecule has 1 atom stereocenters. The van der Waals surface area contributed by atoms with E-state index in [0.717, 1.165) is 59.2 Å². The summed E-state index contributed by atoms with van der Waals surface area (Å²) in [6.07, 6.45) is 7.39. The molecule has 0 spiro atoms. The SMILES string of the molecule is CCCCc1nc(C(c2ccc(-c3ccccc3/C=C3\OC(=O)C=C3O)cc2)c2ccco2)n[nH]1. The summed E-state index contributed by atoms with van der Waals surface area (Å²) in [4.78, 5) is 16.2. The van der Waals surface area contributed by atoms with E-state index in [1.807, 2.05) is 60.7 Å². The van der Waals surface area contributed by atoms with Crippen molar-refractivity contribution >= 4 is 12.0 Å². The standard InChI is InChI=1S/C28H25N3O4/c1-2-3-10-25-29-28(31-30-25)27(23-9-6-15-34-23)19-13-11-18(12-14-19)21-8-5-4-7-20(21)16-24-22(32)17-26(33)35-24/h4-9,11-17,27,32H,2-3,10H2,1H3,(H,29,30,31)/b24-16-. The number of unbranched alkanes of at least 4 members (excludes halogenated alkanes) is 1. The quantitative estimate of drug-likeness (QED) is 0.312. The Morgan fingerprint density at radius 2 is 1.91 bits per heavy atom. The molecular formula is C28H25N3O4. The Morgan fingerprint density at radius 1 is 1.09 bits per heavy atom. The van der Waals surface area contributed by atoms with Crippen molar-refractivity contribution in [2.75, 3.05) is 0 Å². The number of H-pyrrole nitrogens is 1. The lowest BCUT2D eigenvalue weighted by Crippen LogP contribution is -2.05. The molecule has 1 unspecified atom stereocenters. The lowest BCUT2D eigenvalue weighted by Gasteiger charge is -2.13. The fourth-order valence-electron chi connectivity index (χ4n) is 4.15. The van der Waals surface area contributed by atoms with Crippen LogP contribution in [0.2, 0.25) is 0 Å². The van der Waals surface area contributed by atoms with Crippen molar-refractivity contribution in [1.82, 2.24) is 15.2 Å². The van der Waals surface area contributed by atoms with Crippen LogP contribution in [0.1, 0.15) is 54.2 Å². The van der Waals surface area contributed by atoms with Crippen LogP contribution in [0, 0.1) is 0 Å². The molecule has 7 nitrogen and oxygen atoms in total. The van der Waals surface area contributed by atoms with Crippen LogP contribution in [0.5, 0.6) is 0 Å². The van der Waals surface area contributed by atoms with Gasteiger partial charge in [-0.3, -0.25) is 5.10 Å². The number of cyclic esters (lactones) is 1. The Balaban J connectivity index is 1.47. The Bertz CT molecular complexity index is 1380. The Labute approximate surface area is 202 Å². The first-order valence-electron chi connectivity index (χ1n) is 11.6. The highest BCUT2D eigenvalue weighted by atomic mass is 16.6. The van der Waals surface area contributed by atoms with Crippen LogP contribution >= 0.6 is 0 Å². The predicted octanol–water partition coefficient (Wildman–Crippen LogP) is 5.93. The molecule has 1 aliphatic heterocycles. The number of aliphatic hydroxyl groups is 1. The van der Waals surface area contributed by atoms with E-state index in [0.29, 0.717) is 5.82 Å². The van der Waals surface area contributed by atoms with Crippen molar-refractivity contribution in [1.29, 1.82) is 0 Å². The molecule has 0 saturated carbocycles. The fraction of sp³-hybridized carbons (Fsp3) is 0.179. The number of nitrogens with one attached hydrogen (secondary N) is 1. The van der Waals surface area contributed by atoms with Crippen molar-refractivity contribution in [3.63, 3.8) is 0 Å². The number of aromatic nitrogens is 3. The van der Waals surface area contributed by atoms with E-state index in [1.54, 1.807) is 12.3 Å². The number of aryl methyl sites for hydroxylation is 1. The van der Waals surface area contributed by atoms with Crippen LogP contribution < -0.4 is 0 Å². The highest BCUT2D eigenvalue weighted by Gasteiger charge is 2.24. The summed E-state index contributed by atoms with van der Waals surface area (Å²) >= 11 is 0. The van der Waals surface area contributed by atoms with E-state index < -0.39 is 5.97 Å². The van der Waals surface area contributed by atoms with Crippen molar-refractivity contribution in [2.45, 2.75) is 32.1 Å². The molecule has 3 heterocycles. The number of carbonyl (C=O) groups excluding carboxylic acids is 1. The number of furan rings is 1. The second-order valence-electron chi connectivity index (χ2n) is 8.36. The Hall–Kier alpha value is -4.39. The summed E-state index contributed by atoms with van der Waals surface area (Å²) < 4.78 is 10.8. The van der Waals surface area contributed by atoms with Gasteiger partial charge >= 0.3 is 5.97 Å². The summed E-state index contributed by atoms with van der Waals surface area (Å²) in [5.74, 6) is 1.48. The number of carbonyl (C=O) groups is 1. The zero-order valence-electron chi connectivity index (χ0n) is 19.3. The van der Waals surface area contributed by atoms with Gasteiger partial charge in [0.15, 0.2) is 17.3 Å². The number of hydrogen-bond acceptors (Lipinski definition) is 6. The van der Waals surface area contributed by atoms with E-state index >= 15 is 0 Å². The summed E-state index contributed by atoms with van der Waals surface area (Å²) in [5.41, 5.74) is 3.75. The normalized spacial score (nSPS) is 15.3.